The van der Waals surface area contributed by atoms with E-state index in [1.165, 1.54) is 5.56 Å². The third-order valence-electron chi connectivity index (χ3n) is 2.08. The van der Waals surface area contributed by atoms with E-state index >= 15 is 0 Å². The van der Waals surface area contributed by atoms with Crippen molar-refractivity contribution in [2.45, 2.75) is 6.54 Å². The minimum atomic E-state index is 0.528. The zero-order chi connectivity index (χ0) is 11.3. The Balaban J connectivity index is 2.55. The van der Waals surface area contributed by atoms with E-state index in [1.54, 1.807) is 0 Å². The molecule has 0 aliphatic rings. The van der Waals surface area contributed by atoms with Crippen LogP contribution in [0.25, 0.3) is 0 Å². The molecule has 82 valence electrons. The fourth-order valence-electron chi connectivity index (χ4n) is 1.40. The Morgan fingerprint density at radius 1 is 1.47 bits per heavy atom. The quantitative estimate of drug-likeness (QED) is 0.590. The lowest BCUT2D eigenvalue weighted by molar-refractivity contribution is 0.355. The molecule has 0 N–H and O–H groups in total. The summed E-state index contributed by atoms with van der Waals surface area (Å²) < 4.78 is 1.15. The second-order valence-corrected chi connectivity index (χ2v) is 4.77. The maximum absolute atomic E-state index is 5.69. The van der Waals surface area contributed by atoms with Gasteiger partial charge < -0.3 is 0 Å². The summed E-state index contributed by atoms with van der Waals surface area (Å²) in [5, 5.41) is 0. The Morgan fingerprint density at radius 3 is 2.73 bits per heavy atom. The highest BCUT2D eigenvalue weighted by Gasteiger charge is 2.04. The van der Waals surface area contributed by atoms with Gasteiger partial charge >= 0.3 is 0 Å². The molecule has 0 spiro atoms. The van der Waals surface area contributed by atoms with Gasteiger partial charge in [-0.25, -0.2) is 0 Å². The van der Waals surface area contributed by atoms with Crippen LogP contribution in [0.3, 0.4) is 0 Å². The van der Waals surface area contributed by atoms with Crippen molar-refractivity contribution in [2.75, 3.05) is 19.5 Å². The van der Waals surface area contributed by atoms with Crippen molar-refractivity contribution in [3.8, 4) is 0 Å². The number of hydrogen-bond donors (Lipinski definition) is 0. The van der Waals surface area contributed by atoms with Gasteiger partial charge in [-0.05, 0) is 24.3 Å². The lowest BCUT2D eigenvalue weighted by Crippen LogP contribution is -2.21. The molecule has 1 aromatic carbocycles. The summed E-state index contributed by atoms with van der Waals surface area (Å²) in [7, 11) is 2.07. The maximum Gasteiger partial charge on any atom is 0.0443 e. The molecule has 0 bridgehead atoms. The Kier molecular flexibility index (Phi) is 5.37. The summed E-state index contributed by atoms with van der Waals surface area (Å²) in [6, 6.07) is 8.24. The minimum absolute atomic E-state index is 0.528. The average molecular weight is 289 g/mol. The molecule has 0 unspecified atom stereocenters. The minimum Gasteiger partial charge on any atom is -0.298 e. The van der Waals surface area contributed by atoms with E-state index in [2.05, 4.69) is 46.6 Å². The highest BCUT2D eigenvalue weighted by atomic mass is 79.9. The van der Waals surface area contributed by atoms with Gasteiger partial charge in [0, 0.05) is 23.4 Å². The van der Waals surface area contributed by atoms with E-state index in [4.69, 9.17) is 11.6 Å². The Hall–Kier alpha value is -0.310. The molecule has 0 aliphatic carbocycles. The summed E-state index contributed by atoms with van der Waals surface area (Å²) >= 11 is 9.23. The third kappa shape index (κ3) is 4.37. The monoisotopic (exact) mass is 287 g/mol. The van der Waals surface area contributed by atoms with Crippen LogP contribution in [0.5, 0.6) is 0 Å². The van der Waals surface area contributed by atoms with Gasteiger partial charge in [0.25, 0.3) is 0 Å². The van der Waals surface area contributed by atoms with Crippen molar-refractivity contribution in [3.63, 3.8) is 0 Å². The van der Waals surface area contributed by atoms with Gasteiger partial charge in [-0.2, -0.15) is 0 Å². The molecule has 0 aromatic heterocycles. The van der Waals surface area contributed by atoms with Gasteiger partial charge in [-0.15, -0.1) is 11.6 Å². The molecule has 0 aliphatic heterocycles. The van der Waals surface area contributed by atoms with Crippen molar-refractivity contribution in [1.82, 2.24) is 4.90 Å². The smallest absolute Gasteiger partial charge is 0.0443 e. The van der Waals surface area contributed by atoms with E-state index < -0.39 is 0 Å². The van der Waals surface area contributed by atoms with Crippen LogP contribution < -0.4 is 0 Å². The van der Waals surface area contributed by atoms with Crippen LogP contribution in [0.1, 0.15) is 5.56 Å². The second-order valence-electron chi connectivity index (χ2n) is 3.65. The van der Waals surface area contributed by atoms with E-state index in [-0.39, 0.29) is 0 Å². The van der Waals surface area contributed by atoms with Crippen LogP contribution in [-0.4, -0.2) is 24.4 Å². The molecule has 15 heavy (non-hydrogen) atoms. The molecule has 1 nitrogen and oxygen atoms in total. The molecular weight excluding hydrogens is 273 g/mol. The Morgan fingerprint density at radius 2 is 2.13 bits per heavy atom. The Labute approximate surface area is 105 Å². The van der Waals surface area contributed by atoms with Crippen molar-refractivity contribution in [2.24, 2.45) is 0 Å². The van der Waals surface area contributed by atoms with Crippen molar-refractivity contribution < 1.29 is 0 Å². The largest absolute Gasteiger partial charge is 0.298 e. The van der Waals surface area contributed by atoms with Gasteiger partial charge in [0.15, 0.2) is 0 Å². The van der Waals surface area contributed by atoms with Crippen molar-refractivity contribution in [3.05, 3.63) is 46.5 Å². The summed E-state index contributed by atoms with van der Waals surface area (Å²) in [5.74, 6) is 0.528. The van der Waals surface area contributed by atoms with Gasteiger partial charge in [0.05, 0.1) is 0 Å². The zero-order valence-corrected chi connectivity index (χ0v) is 11.2. The SMILES string of the molecule is C=C(CCl)CN(C)Cc1ccccc1Br. The molecule has 0 saturated carbocycles. The lowest BCUT2D eigenvalue weighted by atomic mass is 10.2. The molecule has 1 rings (SSSR count). The normalized spacial score (nSPS) is 10.7. The molecule has 0 saturated heterocycles. The van der Waals surface area contributed by atoms with E-state index in [1.807, 2.05) is 12.1 Å². The average Bonchev–Trinajstić information content (AvgIpc) is 2.21. The third-order valence-corrected chi connectivity index (χ3v) is 3.23. The predicted octanol–water partition coefficient (Wildman–Crippen LogP) is 3.68. The summed E-state index contributed by atoms with van der Waals surface area (Å²) in [6.45, 7) is 5.63. The van der Waals surface area contributed by atoms with Crippen LogP contribution in [-0.2, 0) is 6.54 Å². The lowest BCUT2D eigenvalue weighted by Gasteiger charge is -2.17. The molecule has 0 amide bonds. The predicted molar refractivity (Wildman–Crippen MR) is 70.3 cm³/mol. The highest BCUT2D eigenvalue weighted by Crippen LogP contribution is 2.17. The van der Waals surface area contributed by atoms with E-state index in [0.717, 1.165) is 23.1 Å². The van der Waals surface area contributed by atoms with Crippen LogP contribution in [0.2, 0.25) is 0 Å². The van der Waals surface area contributed by atoms with Crippen LogP contribution >= 0.6 is 27.5 Å². The maximum atomic E-state index is 5.69. The molecule has 1 aromatic rings. The zero-order valence-electron chi connectivity index (χ0n) is 8.84. The first kappa shape index (κ1) is 12.8. The molecular formula is C12H15BrClN. The number of alkyl halides is 1. The number of nitrogens with zero attached hydrogens (tertiary/aromatic N) is 1. The number of rotatable bonds is 5. The molecule has 0 radical (unpaired) electrons. The first-order valence-corrected chi connectivity index (χ1v) is 6.10. The first-order valence-electron chi connectivity index (χ1n) is 4.78. The molecule has 0 fully saturated rings. The fraction of sp³-hybridized carbons (Fsp3) is 0.333. The number of halogens is 2. The standard InChI is InChI=1S/C12H15BrClN/c1-10(7-14)8-15(2)9-11-5-3-4-6-12(11)13/h3-6H,1,7-9H2,2H3. The van der Waals surface area contributed by atoms with Gasteiger partial charge in [-0.1, -0.05) is 40.7 Å². The van der Waals surface area contributed by atoms with Crippen LogP contribution in [0.15, 0.2) is 40.9 Å². The van der Waals surface area contributed by atoms with Gasteiger partial charge in [0.2, 0.25) is 0 Å². The first-order chi connectivity index (χ1) is 7.13. The number of likely N-dealkylation sites (N-methyl/N-ethyl adjacent to an activating group) is 1. The molecule has 0 heterocycles. The fourth-order valence-corrected chi connectivity index (χ4v) is 1.89. The van der Waals surface area contributed by atoms with Crippen LogP contribution in [0, 0.1) is 0 Å². The number of hydrogen-bond acceptors (Lipinski definition) is 1. The van der Waals surface area contributed by atoms with Gasteiger partial charge in [-0.3, -0.25) is 4.90 Å². The number of benzene rings is 1. The Bertz CT molecular complexity index is 338. The summed E-state index contributed by atoms with van der Waals surface area (Å²) in [4.78, 5) is 2.20. The molecule has 3 heteroatoms. The van der Waals surface area contributed by atoms with E-state index in [9.17, 15) is 0 Å². The second kappa shape index (κ2) is 6.31. The topological polar surface area (TPSA) is 3.24 Å². The van der Waals surface area contributed by atoms with Crippen LogP contribution in [0.4, 0.5) is 0 Å². The summed E-state index contributed by atoms with van der Waals surface area (Å²) in [6.07, 6.45) is 0. The summed E-state index contributed by atoms with van der Waals surface area (Å²) in [5.41, 5.74) is 2.33. The van der Waals surface area contributed by atoms with Gasteiger partial charge in [0.1, 0.15) is 0 Å². The van der Waals surface area contributed by atoms with E-state index in [0.29, 0.717) is 5.88 Å². The molecule has 0 atom stereocenters. The van der Waals surface area contributed by atoms with Crippen molar-refractivity contribution >= 4 is 27.5 Å². The highest BCUT2D eigenvalue weighted by molar-refractivity contribution is 9.10. The van der Waals surface area contributed by atoms with Crippen molar-refractivity contribution in [1.29, 1.82) is 0 Å².